The first-order valence-corrected chi connectivity index (χ1v) is 8.09. The largest absolute Gasteiger partial charge is 0.273 e. The summed E-state index contributed by atoms with van der Waals surface area (Å²) >= 11 is 1.62. The second-order valence-corrected chi connectivity index (χ2v) is 6.57. The number of halogens is 1. The van der Waals surface area contributed by atoms with E-state index in [0.717, 1.165) is 23.8 Å². The topological polar surface area (TPSA) is 24.4 Å². The highest BCUT2D eigenvalue weighted by Crippen LogP contribution is 2.41. The Morgan fingerprint density at radius 1 is 1.38 bits per heavy atom. The average Bonchev–Trinajstić information content (AvgIpc) is 2.79. The van der Waals surface area contributed by atoms with Gasteiger partial charge in [0.1, 0.15) is 18.2 Å². The third kappa shape index (κ3) is 3.36. The third-order valence-corrected chi connectivity index (χ3v) is 4.86. The molecular formula is C16H23FN3S+. The van der Waals surface area contributed by atoms with Gasteiger partial charge in [-0.25, -0.2) is 13.9 Å². The first-order valence-electron chi connectivity index (χ1n) is 7.27. The number of nitrogens with zero attached hydrogens (tertiary/aromatic N) is 2. The van der Waals surface area contributed by atoms with Gasteiger partial charge in [0, 0.05) is 10.8 Å². The Hall–Kier alpha value is -1.17. The van der Waals surface area contributed by atoms with Crippen molar-refractivity contribution in [3.8, 4) is 0 Å². The Balaban J connectivity index is 2.40. The molecule has 0 fully saturated rings. The summed E-state index contributed by atoms with van der Waals surface area (Å²) in [4.78, 5) is 5.57. The van der Waals surface area contributed by atoms with Crippen molar-refractivity contribution >= 4 is 18.1 Å². The minimum absolute atomic E-state index is 0.200. The lowest BCUT2D eigenvalue weighted by Crippen LogP contribution is -2.48. The molecule has 0 radical (unpaired) electrons. The molecule has 0 spiro atoms. The van der Waals surface area contributed by atoms with Gasteiger partial charge in [-0.2, -0.15) is 0 Å². The molecule has 1 aliphatic rings. The summed E-state index contributed by atoms with van der Waals surface area (Å²) in [5.74, 6) is 0.148. The van der Waals surface area contributed by atoms with Gasteiger partial charge in [-0.15, -0.1) is 0 Å². The maximum absolute atomic E-state index is 13.4. The molecule has 3 nitrogen and oxygen atoms in total. The summed E-state index contributed by atoms with van der Waals surface area (Å²) in [6.07, 6.45) is 2.01. The molecule has 2 rings (SSSR count). The van der Waals surface area contributed by atoms with Gasteiger partial charge in [0.25, 0.3) is 0 Å². The van der Waals surface area contributed by atoms with Gasteiger partial charge in [-0.3, -0.25) is 5.32 Å². The Morgan fingerprint density at radius 2 is 2.14 bits per heavy atom. The van der Waals surface area contributed by atoms with Crippen LogP contribution in [0.2, 0.25) is 0 Å². The van der Waals surface area contributed by atoms with E-state index in [9.17, 15) is 4.39 Å². The van der Waals surface area contributed by atoms with E-state index in [4.69, 9.17) is 0 Å². The van der Waals surface area contributed by atoms with Crippen LogP contribution in [0, 0.1) is 11.7 Å². The van der Waals surface area contributed by atoms with E-state index in [1.165, 1.54) is 11.1 Å². The van der Waals surface area contributed by atoms with Gasteiger partial charge in [0.05, 0.1) is 6.54 Å². The van der Waals surface area contributed by atoms with Crippen LogP contribution in [0.1, 0.15) is 20.8 Å². The number of aliphatic imine (C=N–C) groups is 1. The SMILES string of the molecule is CC[N+]1(CNC)C=NC(C(C)C)=C1Sc1cccc(F)c1. The quantitative estimate of drug-likeness (QED) is 0.808. The smallest absolute Gasteiger partial charge is 0.201 e. The number of benzene rings is 1. The molecule has 1 aromatic rings. The zero-order valence-electron chi connectivity index (χ0n) is 13.1. The summed E-state index contributed by atoms with van der Waals surface area (Å²) in [6.45, 7) is 8.15. The summed E-state index contributed by atoms with van der Waals surface area (Å²) < 4.78 is 14.1. The second kappa shape index (κ2) is 6.73. The number of quaternary nitrogens is 1. The maximum atomic E-state index is 13.4. The molecule has 0 saturated carbocycles. The van der Waals surface area contributed by atoms with Crippen molar-refractivity contribution in [3.63, 3.8) is 0 Å². The molecule has 0 aliphatic carbocycles. The fourth-order valence-corrected chi connectivity index (χ4v) is 3.78. The predicted molar refractivity (Wildman–Crippen MR) is 87.3 cm³/mol. The Kier molecular flexibility index (Phi) is 5.19. The lowest BCUT2D eigenvalue weighted by Gasteiger charge is -2.31. The van der Waals surface area contributed by atoms with Crippen molar-refractivity contribution in [3.05, 3.63) is 40.8 Å². The number of thioether (sulfide) groups is 1. The number of rotatable bonds is 6. The van der Waals surface area contributed by atoms with Crippen LogP contribution in [0.3, 0.4) is 0 Å². The van der Waals surface area contributed by atoms with Gasteiger partial charge in [0.2, 0.25) is 5.03 Å². The Bertz CT molecular complexity index is 568. The minimum atomic E-state index is -0.200. The van der Waals surface area contributed by atoms with E-state index in [1.54, 1.807) is 23.9 Å². The van der Waals surface area contributed by atoms with E-state index in [0.29, 0.717) is 10.4 Å². The van der Waals surface area contributed by atoms with Crippen molar-refractivity contribution in [1.82, 2.24) is 5.32 Å². The maximum Gasteiger partial charge on any atom is 0.201 e. The molecule has 1 atom stereocenters. The zero-order chi connectivity index (χ0) is 15.5. The monoisotopic (exact) mass is 308 g/mol. The Morgan fingerprint density at radius 3 is 2.71 bits per heavy atom. The first kappa shape index (κ1) is 16.2. The van der Waals surface area contributed by atoms with E-state index >= 15 is 0 Å². The van der Waals surface area contributed by atoms with Crippen LogP contribution < -0.4 is 5.32 Å². The number of hydrogen-bond acceptors (Lipinski definition) is 3. The number of nitrogens with one attached hydrogen (secondary N) is 1. The number of allylic oxidation sites excluding steroid dienone is 1. The highest BCUT2D eigenvalue weighted by molar-refractivity contribution is 8.02. The zero-order valence-corrected chi connectivity index (χ0v) is 13.9. The van der Waals surface area contributed by atoms with Crippen molar-refractivity contribution in [2.75, 3.05) is 20.3 Å². The fraction of sp³-hybridized carbons (Fsp3) is 0.438. The van der Waals surface area contributed by atoms with Gasteiger partial charge in [-0.1, -0.05) is 19.9 Å². The standard InChI is InChI=1S/C16H23FN3S/c1-5-20(10-18-4)11-19-15(12(2)3)16(20)21-14-8-6-7-13(17)9-14/h6-9,11-12,18H,5,10H2,1-4H3/q+1. The van der Waals surface area contributed by atoms with E-state index < -0.39 is 0 Å². The lowest BCUT2D eigenvalue weighted by atomic mass is 10.1. The fourth-order valence-electron chi connectivity index (χ4n) is 2.42. The van der Waals surface area contributed by atoms with E-state index in [2.05, 4.69) is 31.1 Å². The number of hydrogen-bond donors (Lipinski definition) is 1. The van der Waals surface area contributed by atoms with Crippen molar-refractivity contribution in [2.24, 2.45) is 10.9 Å². The van der Waals surface area contributed by atoms with Crippen LogP contribution >= 0.6 is 11.8 Å². The molecule has 21 heavy (non-hydrogen) atoms. The molecule has 5 heteroatoms. The van der Waals surface area contributed by atoms with E-state index in [-0.39, 0.29) is 5.82 Å². The molecule has 0 aromatic heterocycles. The van der Waals surface area contributed by atoms with Gasteiger partial charge in [-0.05, 0) is 43.9 Å². The van der Waals surface area contributed by atoms with Crippen molar-refractivity contribution < 1.29 is 8.87 Å². The molecule has 1 heterocycles. The molecule has 1 aliphatic heterocycles. The summed E-state index contributed by atoms with van der Waals surface area (Å²) in [6, 6.07) is 6.75. The Labute approximate surface area is 130 Å². The van der Waals surface area contributed by atoms with Crippen LogP contribution in [0.15, 0.2) is 44.9 Å². The highest BCUT2D eigenvalue weighted by atomic mass is 32.2. The molecular weight excluding hydrogens is 285 g/mol. The third-order valence-electron chi connectivity index (χ3n) is 3.60. The summed E-state index contributed by atoms with van der Waals surface area (Å²) in [5.41, 5.74) is 1.10. The molecule has 1 aromatic carbocycles. The van der Waals surface area contributed by atoms with Gasteiger partial charge in [0.15, 0.2) is 6.34 Å². The van der Waals surface area contributed by atoms with Crippen LogP contribution in [0.25, 0.3) is 0 Å². The molecule has 0 amide bonds. The van der Waals surface area contributed by atoms with Crippen LogP contribution in [-0.2, 0) is 0 Å². The van der Waals surface area contributed by atoms with Crippen LogP contribution in [0.5, 0.6) is 0 Å². The summed E-state index contributed by atoms with van der Waals surface area (Å²) in [7, 11) is 1.95. The molecule has 0 saturated heterocycles. The highest BCUT2D eigenvalue weighted by Gasteiger charge is 2.38. The molecule has 0 bridgehead atoms. The van der Waals surface area contributed by atoms with Crippen LogP contribution in [-0.4, -0.2) is 31.1 Å². The predicted octanol–water partition coefficient (Wildman–Crippen LogP) is 3.80. The lowest BCUT2D eigenvalue weighted by molar-refractivity contribution is -0.786. The molecule has 1 N–H and O–H groups in total. The first-order chi connectivity index (χ1) is 10.0. The second-order valence-electron chi connectivity index (χ2n) is 5.51. The van der Waals surface area contributed by atoms with Crippen molar-refractivity contribution in [1.29, 1.82) is 0 Å². The van der Waals surface area contributed by atoms with Crippen LogP contribution in [0.4, 0.5) is 4.39 Å². The molecule has 114 valence electrons. The van der Waals surface area contributed by atoms with Gasteiger partial charge < -0.3 is 0 Å². The normalized spacial score (nSPS) is 21.6. The molecule has 1 unspecified atom stereocenters. The van der Waals surface area contributed by atoms with E-state index in [1.807, 2.05) is 19.5 Å². The minimum Gasteiger partial charge on any atom is -0.273 e. The average molecular weight is 308 g/mol. The summed E-state index contributed by atoms with van der Waals surface area (Å²) in [5, 5.41) is 4.43. The van der Waals surface area contributed by atoms with Gasteiger partial charge >= 0.3 is 0 Å². The van der Waals surface area contributed by atoms with Crippen molar-refractivity contribution in [2.45, 2.75) is 25.7 Å².